The average Bonchev–Trinajstić information content (AvgIpc) is 2.09. The number of hydrogen-bond donors (Lipinski definition) is 0. The Bertz CT molecular complexity index is 238. The van der Waals surface area contributed by atoms with Gasteiger partial charge in [-0.2, -0.15) is 0 Å². The lowest BCUT2D eigenvalue weighted by molar-refractivity contribution is 0.146. The molecule has 0 aliphatic heterocycles. The molecule has 1 aromatic rings. The first-order valence-electron chi connectivity index (χ1n) is 3.62. The minimum atomic E-state index is 0.514. The Morgan fingerprint density at radius 3 is 3.00 bits per heavy atom. The van der Waals surface area contributed by atoms with Crippen LogP contribution in [0.25, 0.3) is 0 Å². The zero-order valence-corrected chi connectivity index (χ0v) is 7.60. The van der Waals surface area contributed by atoms with Gasteiger partial charge >= 0.3 is 0 Å². The third-order valence-electron chi connectivity index (χ3n) is 1.32. The van der Waals surface area contributed by atoms with Gasteiger partial charge in [0.25, 0.3) is 0 Å². The van der Waals surface area contributed by atoms with E-state index in [1.807, 2.05) is 0 Å². The molecule has 1 radical (unpaired) electrons. The number of hydrogen-bond acceptors (Lipinski definition) is 2. The lowest BCUT2D eigenvalue weighted by Gasteiger charge is -2.05. The van der Waals surface area contributed by atoms with Gasteiger partial charge in [0, 0.05) is 7.11 Å². The van der Waals surface area contributed by atoms with E-state index in [1.165, 1.54) is 0 Å². The Morgan fingerprint density at radius 1 is 1.50 bits per heavy atom. The molecule has 65 valence electrons. The molecule has 1 rings (SSSR count). The predicted octanol–water partition coefficient (Wildman–Crippen LogP) is 2.17. The molecule has 0 bridgehead atoms. The molecule has 0 N–H and O–H groups in total. The second kappa shape index (κ2) is 5.01. The number of benzene rings is 1. The van der Waals surface area contributed by atoms with Gasteiger partial charge in [-0.3, -0.25) is 0 Å². The summed E-state index contributed by atoms with van der Waals surface area (Å²) in [6.45, 7) is 1.08. The van der Waals surface area contributed by atoms with E-state index in [2.05, 4.69) is 6.07 Å². The molecule has 0 aliphatic rings. The molecule has 12 heavy (non-hydrogen) atoms. The van der Waals surface area contributed by atoms with Crippen LogP contribution < -0.4 is 4.74 Å². The summed E-state index contributed by atoms with van der Waals surface area (Å²) in [5.74, 6) is 0.674. The Balaban J connectivity index is 2.46. The van der Waals surface area contributed by atoms with Crippen molar-refractivity contribution in [3.8, 4) is 5.75 Å². The van der Waals surface area contributed by atoms with Crippen LogP contribution in [0.2, 0.25) is 5.02 Å². The van der Waals surface area contributed by atoms with Crippen LogP contribution in [0.15, 0.2) is 18.2 Å². The molecule has 0 aliphatic carbocycles. The molecule has 0 aromatic heterocycles. The number of rotatable bonds is 4. The Hall–Kier alpha value is -0.730. The van der Waals surface area contributed by atoms with Gasteiger partial charge in [-0.1, -0.05) is 17.7 Å². The van der Waals surface area contributed by atoms with Gasteiger partial charge in [-0.25, -0.2) is 0 Å². The maximum atomic E-state index is 5.81. The summed E-state index contributed by atoms with van der Waals surface area (Å²) in [7, 11) is 1.63. The molecule has 0 spiro atoms. The normalized spacial score (nSPS) is 9.83. The van der Waals surface area contributed by atoms with Crippen LogP contribution >= 0.6 is 11.6 Å². The summed E-state index contributed by atoms with van der Waals surface area (Å²) in [6.07, 6.45) is 0. The highest BCUT2D eigenvalue weighted by Crippen LogP contribution is 2.22. The van der Waals surface area contributed by atoms with Gasteiger partial charge < -0.3 is 9.47 Å². The van der Waals surface area contributed by atoms with E-state index in [-0.39, 0.29) is 0 Å². The smallest absolute Gasteiger partial charge is 0.138 e. The molecule has 0 fully saturated rings. The highest BCUT2D eigenvalue weighted by atomic mass is 35.5. The lowest BCUT2D eigenvalue weighted by atomic mass is 10.3. The number of ether oxygens (including phenoxy) is 2. The average molecular weight is 186 g/mol. The minimum Gasteiger partial charge on any atom is -0.490 e. The molecule has 0 saturated heterocycles. The van der Waals surface area contributed by atoms with Crippen molar-refractivity contribution < 1.29 is 9.47 Å². The molecular formula is C9H10ClO2. The van der Waals surface area contributed by atoms with Crippen LogP contribution in [0.4, 0.5) is 0 Å². The fraction of sp³-hybridized carbons (Fsp3) is 0.333. The summed E-state index contributed by atoms with van der Waals surface area (Å²) in [4.78, 5) is 0. The maximum Gasteiger partial charge on any atom is 0.138 e. The summed E-state index contributed by atoms with van der Waals surface area (Å²) in [5.41, 5.74) is 0. The zero-order valence-electron chi connectivity index (χ0n) is 6.84. The SMILES string of the molecule is COCCOc1cc[c]cc1Cl. The highest BCUT2D eigenvalue weighted by molar-refractivity contribution is 6.32. The van der Waals surface area contributed by atoms with E-state index in [0.717, 1.165) is 0 Å². The van der Waals surface area contributed by atoms with Gasteiger partial charge in [0.05, 0.1) is 11.6 Å². The highest BCUT2D eigenvalue weighted by Gasteiger charge is 1.97. The van der Waals surface area contributed by atoms with Gasteiger partial charge in [0.15, 0.2) is 0 Å². The van der Waals surface area contributed by atoms with Crippen molar-refractivity contribution in [2.45, 2.75) is 0 Å². The van der Waals surface area contributed by atoms with E-state index in [4.69, 9.17) is 21.1 Å². The predicted molar refractivity (Wildman–Crippen MR) is 47.7 cm³/mol. The molecule has 0 saturated carbocycles. The van der Waals surface area contributed by atoms with Gasteiger partial charge in [0.2, 0.25) is 0 Å². The van der Waals surface area contributed by atoms with Crippen LogP contribution in [0.5, 0.6) is 5.75 Å². The third-order valence-corrected chi connectivity index (χ3v) is 1.62. The van der Waals surface area contributed by atoms with Crippen LogP contribution in [0.1, 0.15) is 0 Å². The van der Waals surface area contributed by atoms with E-state index in [1.54, 1.807) is 25.3 Å². The lowest BCUT2D eigenvalue weighted by Crippen LogP contribution is -2.04. The first-order valence-corrected chi connectivity index (χ1v) is 3.99. The van der Waals surface area contributed by atoms with Crippen molar-refractivity contribution in [3.05, 3.63) is 29.3 Å². The van der Waals surface area contributed by atoms with E-state index >= 15 is 0 Å². The van der Waals surface area contributed by atoms with Crippen LogP contribution in [0, 0.1) is 6.07 Å². The topological polar surface area (TPSA) is 18.5 Å². The number of halogens is 1. The second-order valence-corrected chi connectivity index (χ2v) is 2.60. The second-order valence-electron chi connectivity index (χ2n) is 2.20. The molecule has 2 nitrogen and oxygen atoms in total. The molecule has 1 aromatic carbocycles. The minimum absolute atomic E-state index is 0.514. The molecular weight excluding hydrogens is 176 g/mol. The first-order chi connectivity index (χ1) is 5.84. The Kier molecular flexibility index (Phi) is 3.91. The largest absolute Gasteiger partial charge is 0.490 e. The van der Waals surface area contributed by atoms with Crippen molar-refractivity contribution in [1.29, 1.82) is 0 Å². The Morgan fingerprint density at radius 2 is 2.33 bits per heavy atom. The molecule has 0 amide bonds. The quantitative estimate of drug-likeness (QED) is 0.670. The monoisotopic (exact) mass is 185 g/mol. The summed E-state index contributed by atoms with van der Waals surface area (Å²) in [6, 6.07) is 8.05. The Labute approximate surface area is 77.1 Å². The van der Waals surface area contributed by atoms with Crippen molar-refractivity contribution in [1.82, 2.24) is 0 Å². The zero-order chi connectivity index (χ0) is 8.81. The van der Waals surface area contributed by atoms with Crippen molar-refractivity contribution in [2.75, 3.05) is 20.3 Å². The van der Waals surface area contributed by atoms with Gasteiger partial charge in [0.1, 0.15) is 12.4 Å². The van der Waals surface area contributed by atoms with E-state index in [0.29, 0.717) is 24.0 Å². The van der Waals surface area contributed by atoms with Gasteiger partial charge in [-0.15, -0.1) is 0 Å². The van der Waals surface area contributed by atoms with Crippen molar-refractivity contribution in [2.24, 2.45) is 0 Å². The summed E-state index contributed by atoms with van der Waals surface area (Å²) < 4.78 is 10.1. The van der Waals surface area contributed by atoms with Crippen LogP contribution in [-0.4, -0.2) is 20.3 Å². The van der Waals surface area contributed by atoms with Crippen molar-refractivity contribution in [3.63, 3.8) is 0 Å². The van der Waals surface area contributed by atoms with E-state index < -0.39 is 0 Å². The summed E-state index contributed by atoms with van der Waals surface area (Å²) >= 11 is 5.81. The van der Waals surface area contributed by atoms with Gasteiger partial charge in [-0.05, 0) is 18.2 Å². The summed E-state index contributed by atoms with van der Waals surface area (Å²) in [5, 5.41) is 0.577. The first kappa shape index (κ1) is 9.36. The molecule has 0 atom stereocenters. The third kappa shape index (κ3) is 2.72. The fourth-order valence-corrected chi connectivity index (χ4v) is 0.928. The standard InChI is InChI=1S/C9H10ClO2/c1-11-6-7-12-9-5-3-2-4-8(9)10/h3-5H,6-7H2,1H3. The fourth-order valence-electron chi connectivity index (χ4n) is 0.748. The molecule has 0 unspecified atom stereocenters. The van der Waals surface area contributed by atoms with E-state index in [9.17, 15) is 0 Å². The van der Waals surface area contributed by atoms with Crippen LogP contribution in [-0.2, 0) is 4.74 Å². The van der Waals surface area contributed by atoms with Crippen LogP contribution in [0.3, 0.4) is 0 Å². The molecule has 3 heteroatoms. The maximum absolute atomic E-state index is 5.81. The van der Waals surface area contributed by atoms with Crippen molar-refractivity contribution >= 4 is 11.6 Å². The molecule has 0 heterocycles. The number of methoxy groups -OCH3 is 1.